The Balaban J connectivity index is 0. The third-order valence-corrected chi connectivity index (χ3v) is 2.74. The molecule has 0 aliphatic rings. The van der Waals surface area contributed by atoms with Crippen molar-refractivity contribution in [1.82, 2.24) is 5.32 Å². The van der Waals surface area contributed by atoms with Gasteiger partial charge in [0.2, 0.25) is 5.91 Å². The number of carbonyl (C=O) groups is 1. The molecule has 0 bridgehead atoms. The fourth-order valence-electron chi connectivity index (χ4n) is 1.76. The van der Waals surface area contributed by atoms with E-state index in [9.17, 15) is 4.79 Å². The molecule has 0 aromatic rings. The van der Waals surface area contributed by atoms with Crippen LogP contribution in [0.15, 0.2) is 0 Å². The van der Waals surface area contributed by atoms with Crippen LogP contribution in [-0.2, 0) is 4.79 Å². The maximum absolute atomic E-state index is 11.8. The van der Waals surface area contributed by atoms with Gasteiger partial charge in [-0.1, -0.05) is 27.7 Å². The van der Waals surface area contributed by atoms with Crippen molar-refractivity contribution in [2.75, 3.05) is 6.54 Å². The average Bonchev–Trinajstić information content (AvgIpc) is 2.17. The van der Waals surface area contributed by atoms with Gasteiger partial charge in [0, 0.05) is 18.5 Å². The predicted molar refractivity (Wildman–Crippen MR) is 71.8 cm³/mol. The lowest BCUT2D eigenvalue weighted by molar-refractivity contribution is -0.125. The van der Waals surface area contributed by atoms with E-state index < -0.39 is 0 Å². The van der Waals surface area contributed by atoms with E-state index in [0.29, 0.717) is 12.5 Å². The molecule has 1 unspecified atom stereocenters. The summed E-state index contributed by atoms with van der Waals surface area (Å²) in [4.78, 5) is 11.8. The van der Waals surface area contributed by atoms with Crippen LogP contribution >= 0.6 is 12.4 Å². The molecule has 0 aromatic carbocycles. The molecule has 98 valence electrons. The SMILES string of the molecule is CCC(CC)C(=O)NC(CN)CC(C)C.Cl. The summed E-state index contributed by atoms with van der Waals surface area (Å²) in [7, 11) is 0. The van der Waals surface area contributed by atoms with Crippen LogP contribution in [0.5, 0.6) is 0 Å². The highest BCUT2D eigenvalue weighted by Crippen LogP contribution is 2.09. The van der Waals surface area contributed by atoms with Crippen LogP contribution in [0.4, 0.5) is 0 Å². The van der Waals surface area contributed by atoms with Crippen molar-refractivity contribution in [3.63, 3.8) is 0 Å². The molecule has 0 heterocycles. The summed E-state index contributed by atoms with van der Waals surface area (Å²) in [5, 5.41) is 3.04. The minimum absolute atomic E-state index is 0. The van der Waals surface area contributed by atoms with Gasteiger partial charge in [-0.05, 0) is 25.2 Å². The minimum atomic E-state index is 0. The highest BCUT2D eigenvalue weighted by Gasteiger charge is 2.18. The minimum Gasteiger partial charge on any atom is -0.352 e. The Hall–Kier alpha value is -0.280. The van der Waals surface area contributed by atoms with E-state index in [0.717, 1.165) is 19.3 Å². The van der Waals surface area contributed by atoms with Gasteiger partial charge in [-0.2, -0.15) is 0 Å². The molecule has 0 fully saturated rings. The van der Waals surface area contributed by atoms with Crippen LogP contribution in [0.3, 0.4) is 0 Å². The maximum atomic E-state index is 11.8. The first kappa shape index (κ1) is 18.1. The largest absolute Gasteiger partial charge is 0.352 e. The number of nitrogens with one attached hydrogen (secondary N) is 1. The van der Waals surface area contributed by atoms with Crippen molar-refractivity contribution < 1.29 is 4.79 Å². The highest BCUT2D eigenvalue weighted by molar-refractivity contribution is 5.85. The lowest BCUT2D eigenvalue weighted by Crippen LogP contribution is -2.43. The molecule has 0 radical (unpaired) electrons. The Labute approximate surface area is 106 Å². The molecule has 1 amide bonds. The zero-order valence-electron chi connectivity index (χ0n) is 11.0. The van der Waals surface area contributed by atoms with Gasteiger partial charge in [0.15, 0.2) is 0 Å². The summed E-state index contributed by atoms with van der Waals surface area (Å²) in [6.07, 6.45) is 2.77. The van der Waals surface area contributed by atoms with E-state index in [2.05, 4.69) is 19.2 Å². The summed E-state index contributed by atoms with van der Waals surface area (Å²) in [6, 6.07) is 0.137. The van der Waals surface area contributed by atoms with Crippen molar-refractivity contribution in [2.24, 2.45) is 17.6 Å². The summed E-state index contributed by atoms with van der Waals surface area (Å²) < 4.78 is 0. The Morgan fingerprint density at radius 2 is 1.75 bits per heavy atom. The van der Waals surface area contributed by atoms with E-state index in [1.165, 1.54) is 0 Å². The molecule has 3 nitrogen and oxygen atoms in total. The standard InChI is InChI=1S/C12H26N2O.ClH/c1-5-10(6-2)12(15)14-11(8-13)7-9(3)4;/h9-11H,5-8,13H2,1-4H3,(H,14,15);1H. The van der Waals surface area contributed by atoms with Gasteiger partial charge in [0.25, 0.3) is 0 Å². The zero-order chi connectivity index (χ0) is 11.8. The van der Waals surface area contributed by atoms with Crippen molar-refractivity contribution in [1.29, 1.82) is 0 Å². The van der Waals surface area contributed by atoms with Crippen molar-refractivity contribution >= 4 is 18.3 Å². The van der Waals surface area contributed by atoms with Gasteiger partial charge >= 0.3 is 0 Å². The second-order valence-electron chi connectivity index (χ2n) is 4.58. The maximum Gasteiger partial charge on any atom is 0.223 e. The van der Waals surface area contributed by atoms with Gasteiger partial charge < -0.3 is 11.1 Å². The topological polar surface area (TPSA) is 55.1 Å². The van der Waals surface area contributed by atoms with E-state index in [1.807, 2.05) is 13.8 Å². The van der Waals surface area contributed by atoms with Crippen molar-refractivity contribution in [3.8, 4) is 0 Å². The molecule has 3 N–H and O–H groups in total. The number of carbonyl (C=O) groups excluding carboxylic acids is 1. The van der Waals surface area contributed by atoms with Crippen LogP contribution in [0, 0.1) is 11.8 Å². The Kier molecular flexibility index (Phi) is 11.2. The molecule has 0 aromatic heterocycles. The van der Waals surface area contributed by atoms with Crippen LogP contribution in [0.1, 0.15) is 47.0 Å². The number of rotatable bonds is 7. The number of nitrogens with two attached hydrogens (primary N) is 1. The zero-order valence-corrected chi connectivity index (χ0v) is 11.8. The van der Waals surface area contributed by atoms with Crippen molar-refractivity contribution in [2.45, 2.75) is 53.0 Å². The molecule has 1 atom stereocenters. The number of hydrogen-bond donors (Lipinski definition) is 2. The van der Waals surface area contributed by atoms with E-state index in [4.69, 9.17) is 5.73 Å². The quantitative estimate of drug-likeness (QED) is 0.729. The number of halogens is 1. The monoisotopic (exact) mass is 250 g/mol. The summed E-state index contributed by atoms with van der Waals surface area (Å²) in [6.45, 7) is 8.92. The predicted octanol–water partition coefficient (Wildman–Crippen LogP) is 2.33. The first-order valence-electron chi connectivity index (χ1n) is 6.05. The second-order valence-corrected chi connectivity index (χ2v) is 4.58. The van der Waals surface area contributed by atoms with Gasteiger partial charge in [0.05, 0.1) is 0 Å². The Morgan fingerprint density at radius 3 is 2.06 bits per heavy atom. The van der Waals surface area contributed by atoms with Crippen LogP contribution in [-0.4, -0.2) is 18.5 Å². The Morgan fingerprint density at radius 1 is 1.25 bits per heavy atom. The van der Waals surface area contributed by atoms with Crippen LogP contribution < -0.4 is 11.1 Å². The first-order valence-corrected chi connectivity index (χ1v) is 6.05. The molecule has 0 aliphatic heterocycles. The van der Waals surface area contributed by atoms with E-state index in [1.54, 1.807) is 0 Å². The van der Waals surface area contributed by atoms with Gasteiger partial charge in [-0.3, -0.25) is 4.79 Å². The lowest BCUT2D eigenvalue weighted by Gasteiger charge is -2.21. The fraction of sp³-hybridized carbons (Fsp3) is 0.917. The average molecular weight is 251 g/mol. The highest BCUT2D eigenvalue weighted by atomic mass is 35.5. The molecular formula is C12H27ClN2O. The van der Waals surface area contributed by atoms with E-state index >= 15 is 0 Å². The number of hydrogen-bond acceptors (Lipinski definition) is 2. The Bertz CT molecular complexity index is 182. The summed E-state index contributed by atoms with van der Waals surface area (Å²) in [5.74, 6) is 0.878. The van der Waals surface area contributed by atoms with Crippen LogP contribution in [0.25, 0.3) is 0 Å². The molecule has 0 saturated heterocycles. The third kappa shape index (κ3) is 7.07. The van der Waals surface area contributed by atoms with E-state index in [-0.39, 0.29) is 30.3 Å². The summed E-state index contributed by atoms with van der Waals surface area (Å²) >= 11 is 0. The molecule has 0 aliphatic carbocycles. The second kappa shape index (κ2) is 9.91. The third-order valence-electron chi connectivity index (χ3n) is 2.74. The van der Waals surface area contributed by atoms with Crippen molar-refractivity contribution in [3.05, 3.63) is 0 Å². The van der Waals surface area contributed by atoms with Gasteiger partial charge in [-0.15, -0.1) is 12.4 Å². The fourth-order valence-corrected chi connectivity index (χ4v) is 1.76. The van der Waals surface area contributed by atoms with Crippen LogP contribution in [0.2, 0.25) is 0 Å². The normalized spacial score (nSPS) is 12.4. The van der Waals surface area contributed by atoms with Gasteiger partial charge in [0.1, 0.15) is 0 Å². The summed E-state index contributed by atoms with van der Waals surface area (Å²) in [5.41, 5.74) is 5.64. The molecule has 0 rings (SSSR count). The molecule has 16 heavy (non-hydrogen) atoms. The lowest BCUT2D eigenvalue weighted by atomic mass is 10.00. The molecule has 4 heteroatoms. The first-order chi connectivity index (χ1) is 7.04. The van der Waals surface area contributed by atoms with Gasteiger partial charge in [-0.25, -0.2) is 0 Å². The smallest absolute Gasteiger partial charge is 0.223 e. The molecular weight excluding hydrogens is 224 g/mol. The molecule has 0 saturated carbocycles. The number of amides is 1. The molecule has 0 spiro atoms.